The predicted octanol–water partition coefficient (Wildman–Crippen LogP) is 1.55. The standard InChI is InChI=1S/C14H24N2O2/c1-10-3-5-11(6-4-10)9-15-12-7-8-13(17)16(2)14(12)18/h10-12,15H,3-9H2,1-2H3. The molecule has 1 heterocycles. The van der Waals surface area contributed by atoms with Crippen LogP contribution in [0.2, 0.25) is 0 Å². The van der Waals surface area contributed by atoms with Crippen LogP contribution in [0.5, 0.6) is 0 Å². The predicted molar refractivity (Wildman–Crippen MR) is 69.9 cm³/mol. The van der Waals surface area contributed by atoms with Gasteiger partial charge in [-0.3, -0.25) is 14.5 Å². The minimum Gasteiger partial charge on any atom is -0.306 e. The number of carbonyl (C=O) groups is 2. The second-order valence-electron chi connectivity index (χ2n) is 5.92. The number of likely N-dealkylation sites (N-methyl/N-ethyl adjacent to an activating group) is 1. The van der Waals surface area contributed by atoms with E-state index in [1.54, 1.807) is 7.05 Å². The van der Waals surface area contributed by atoms with E-state index in [0.717, 1.165) is 12.5 Å². The number of likely N-dealkylation sites (tertiary alicyclic amines) is 1. The van der Waals surface area contributed by atoms with Gasteiger partial charge in [0.1, 0.15) is 0 Å². The van der Waals surface area contributed by atoms with Gasteiger partial charge in [0.2, 0.25) is 11.8 Å². The molecule has 1 saturated carbocycles. The first kappa shape index (κ1) is 13.5. The van der Waals surface area contributed by atoms with E-state index in [1.807, 2.05) is 0 Å². The smallest absolute Gasteiger partial charge is 0.246 e. The summed E-state index contributed by atoms with van der Waals surface area (Å²) >= 11 is 0. The highest BCUT2D eigenvalue weighted by Crippen LogP contribution is 2.28. The molecular weight excluding hydrogens is 228 g/mol. The lowest BCUT2D eigenvalue weighted by Crippen LogP contribution is -2.52. The molecular formula is C14H24N2O2. The Balaban J connectivity index is 1.76. The Morgan fingerprint density at radius 1 is 1.17 bits per heavy atom. The molecule has 0 aromatic heterocycles. The fourth-order valence-corrected chi connectivity index (χ4v) is 2.95. The molecule has 4 nitrogen and oxygen atoms in total. The van der Waals surface area contributed by atoms with Gasteiger partial charge in [-0.1, -0.05) is 19.8 Å². The Kier molecular flexibility index (Phi) is 4.38. The largest absolute Gasteiger partial charge is 0.306 e. The minimum atomic E-state index is -0.146. The van der Waals surface area contributed by atoms with Gasteiger partial charge in [0, 0.05) is 13.5 Å². The maximum atomic E-state index is 11.9. The second kappa shape index (κ2) is 5.83. The number of rotatable bonds is 3. The van der Waals surface area contributed by atoms with E-state index in [9.17, 15) is 9.59 Å². The monoisotopic (exact) mass is 252 g/mol. The zero-order valence-electron chi connectivity index (χ0n) is 11.4. The van der Waals surface area contributed by atoms with Gasteiger partial charge in [-0.2, -0.15) is 0 Å². The van der Waals surface area contributed by atoms with E-state index in [1.165, 1.54) is 30.6 Å². The maximum Gasteiger partial charge on any atom is 0.246 e. The topological polar surface area (TPSA) is 49.4 Å². The van der Waals surface area contributed by atoms with Crippen LogP contribution in [0.25, 0.3) is 0 Å². The molecule has 0 radical (unpaired) electrons. The van der Waals surface area contributed by atoms with Gasteiger partial charge in [-0.25, -0.2) is 0 Å². The molecule has 18 heavy (non-hydrogen) atoms. The van der Waals surface area contributed by atoms with Crippen LogP contribution in [0, 0.1) is 11.8 Å². The molecule has 0 spiro atoms. The van der Waals surface area contributed by atoms with Crippen LogP contribution < -0.4 is 5.32 Å². The number of amides is 2. The molecule has 1 aliphatic heterocycles. The highest BCUT2D eigenvalue weighted by Gasteiger charge is 2.31. The quantitative estimate of drug-likeness (QED) is 0.775. The molecule has 2 amide bonds. The van der Waals surface area contributed by atoms with Crippen molar-refractivity contribution in [3.63, 3.8) is 0 Å². The molecule has 2 aliphatic rings. The SMILES string of the molecule is CC1CCC(CNC2CCC(=O)N(C)C2=O)CC1. The Morgan fingerprint density at radius 2 is 1.83 bits per heavy atom. The molecule has 1 atom stereocenters. The van der Waals surface area contributed by atoms with Crippen molar-refractivity contribution in [1.29, 1.82) is 0 Å². The van der Waals surface area contributed by atoms with Crippen molar-refractivity contribution < 1.29 is 9.59 Å². The van der Waals surface area contributed by atoms with Gasteiger partial charge in [0.25, 0.3) is 0 Å². The first-order valence-corrected chi connectivity index (χ1v) is 7.11. The van der Waals surface area contributed by atoms with Crippen molar-refractivity contribution in [3.05, 3.63) is 0 Å². The average Bonchev–Trinajstić information content (AvgIpc) is 2.37. The molecule has 1 N–H and O–H groups in total. The molecule has 1 aliphatic carbocycles. The van der Waals surface area contributed by atoms with Crippen LogP contribution >= 0.6 is 0 Å². The van der Waals surface area contributed by atoms with Crippen LogP contribution in [-0.2, 0) is 9.59 Å². The summed E-state index contributed by atoms with van der Waals surface area (Å²) in [4.78, 5) is 24.5. The molecule has 4 heteroatoms. The summed E-state index contributed by atoms with van der Waals surface area (Å²) in [6.07, 6.45) is 6.30. The van der Waals surface area contributed by atoms with Crippen molar-refractivity contribution >= 4 is 11.8 Å². The number of hydrogen-bond donors (Lipinski definition) is 1. The Hall–Kier alpha value is -0.900. The summed E-state index contributed by atoms with van der Waals surface area (Å²) in [7, 11) is 1.58. The zero-order valence-corrected chi connectivity index (χ0v) is 11.4. The van der Waals surface area contributed by atoms with E-state index in [0.29, 0.717) is 18.8 Å². The van der Waals surface area contributed by atoms with Crippen molar-refractivity contribution in [2.75, 3.05) is 13.6 Å². The van der Waals surface area contributed by atoms with E-state index in [2.05, 4.69) is 12.2 Å². The first-order chi connectivity index (χ1) is 8.58. The van der Waals surface area contributed by atoms with Crippen molar-refractivity contribution in [2.24, 2.45) is 11.8 Å². The second-order valence-corrected chi connectivity index (χ2v) is 5.92. The van der Waals surface area contributed by atoms with E-state index in [-0.39, 0.29) is 17.9 Å². The lowest BCUT2D eigenvalue weighted by Gasteiger charge is -2.31. The number of carbonyl (C=O) groups excluding carboxylic acids is 2. The van der Waals surface area contributed by atoms with Gasteiger partial charge < -0.3 is 5.32 Å². The highest BCUT2D eigenvalue weighted by molar-refractivity contribution is 6.00. The van der Waals surface area contributed by atoms with Crippen LogP contribution in [0.4, 0.5) is 0 Å². The minimum absolute atomic E-state index is 0.0514. The first-order valence-electron chi connectivity index (χ1n) is 7.11. The molecule has 1 saturated heterocycles. The lowest BCUT2D eigenvalue weighted by molar-refractivity contribution is -0.148. The third kappa shape index (κ3) is 3.10. The summed E-state index contributed by atoms with van der Waals surface area (Å²) in [5.74, 6) is 1.46. The number of imide groups is 1. The summed E-state index contributed by atoms with van der Waals surface area (Å²) in [6.45, 7) is 3.24. The summed E-state index contributed by atoms with van der Waals surface area (Å²) in [5, 5.41) is 3.36. The molecule has 0 bridgehead atoms. The molecule has 0 aromatic rings. The van der Waals surface area contributed by atoms with Crippen LogP contribution in [0.3, 0.4) is 0 Å². The summed E-state index contributed by atoms with van der Waals surface area (Å²) in [6, 6.07) is -0.146. The zero-order chi connectivity index (χ0) is 13.1. The Bertz CT molecular complexity index is 322. The van der Waals surface area contributed by atoms with E-state index in [4.69, 9.17) is 0 Å². The normalized spacial score (nSPS) is 33.9. The summed E-state index contributed by atoms with van der Waals surface area (Å²) < 4.78 is 0. The van der Waals surface area contributed by atoms with Gasteiger partial charge in [-0.15, -0.1) is 0 Å². The van der Waals surface area contributed by atoms with Crippen LogP contribution in [-0.4, -0.2) is 36.3 Å². The fourth-order valence-electron chi connectivity index (χ4n) is 2.95. The van der Waals surface area contributed by atoms with E-state index < -0.39 is 0 Å². The third-order valence-corrected chi connectivity index (χ3v) is 4.44. The third-order valence-electron chi connectivity index (χ3n) is 4.44. The van der Waals surface area contributed by atoms with Gasteiger partial charge in [0.15, 0.2) is 0 Å². The van der Waals surface area contributed by atoms with Gasteiger partial charge >= 0.3 is 0 Å². The van der Waals surface area contributed by atoms with Crippen LogP contribution in [0.1, 0.15) is 45.4 Å². The van der Waals surface area contributed by atoms with Gasteiger partial charge in [-0.05, 0) is 37.6 Å². The molecule has 2 rings (SSSR count). The maximum absolute atomic E-state index is 11.9. The van der Waals surface area contributed by atoms with Crippen LogP contribution in [0.15, 0.2) is 0 Å². The molecule has 102 valence electrons. The van der Waals surface area contributed by atoms with Crippen molar-refractivity contribution in [3.8, 4) is 0 Å². The van der Waals surface area contributed by atoms with Crippen molar-refractivity contribution in [1.82, 2.24) is 10.2 Å². The average molecular weight is 252 g/mol. The number of nitrogens with zero attached hydrogens (tertiary/aromatic N) is 1. The fraction of sp³-hybridized carbons (Fsp3) is 0.857. The van der Waals surface area contributed by atoms with E-state index >= 15 is 0 Å². The number of hydrogen-bond acceptors (Lipinski definition) is 3. The Morgan fingerprint density at radius 3 is 2.50 bits per heavy atom. The highest BCUT2D eigenvalue weighted by atomic mass is 16.2. The number of piperidine rings is 1. The van der Waals surface area contributed by atoms with Crippen molar-refractivity contribution in [2.45, 2.75) is 51.5 Å². The molecule has 0 aromatic carbocycles. The number of nitrogens with one attached hydrogen (secondary N) is 1. The lowest BCUT2D eigenvalue weighted by atomic mass is 9.83. The van der Waals surface area contributed by atoms with Gasteiger partial charge in [0.05, 0.1) is 6.04 Å². The molecule has 2 fully saturated rings. The summed E-state index contributed by atoms with van der Waals surface area (Å²) in [5.41, 5.74) is 0. The molecule has 1 unspecified atom stereocenters. The Labute approximate surface area is 109 Å².